The monoisotopic (exact) mass is 393 g/mol. The fourth-order valence-corrected chi connectivity index (χ4v) is 4.18. The summed E-state index contributed by atoms with van der Waals surface area (Å²) in [6.45, 7) is 4.34. The Morgan fingerprint density at radius 1 is 1.14 bits per heavy atom. The van der Waals surface area contributed by atoms with E-state index in [1.54, 1.807) is 24.3 Å². The highest BCUT2D eigenvalue weighted by Crippen LogP contribution is 2.33. The number of alkyl halides is 3. The molecule has 3 fully saturated rings. The van der Waals surface area contributed by atoms with Gasteiger partial charge in [-0.25, -0.2) is 0 Å². The first-order valence-electron chi connectivity index (χ1n) is 9.40. The maximum absolute atomic E-state index is 12.6. The molecule has 28 heavy (non-hydrogen) atoms. The molecule has 3 saturated heterocycles. The summed E-state index contributed by atoms with van der Waals surface area (Å²) >= 11 is 0. The number of aromatic amines is 1. The van der Waals surface area contributed by atoms with Crippen molar-refractivity contribution in [3.05, 3.63) is 47.7 Å². The van der Waals surface area contributed by atoms with E-state index in [2.05, 4.69) is 22.1 Å². The van der Waals surface area contributed by atoms with Crippen molar-refractivity contribution in [3.63, 3.8) is 0 Å². The minimum atomic E-state index is -4.45. The van der Waals surface area contributed by atoms with Crippen LogP contribution in [0.25, 0.3) is 0 Å². The zero-order chi connectivity index (χ0) is 19.9. The number of piperidine rings is 3. The smallest absolute Gasteiger partial charge is 0.431 e. The fourth-order valence-electron chi connectivity index (χ4n) is 4.18. The highest BCUT2D eigenvalue weighted by atomic mass is 19.4. The average Bonchev–Trinajstić information content (AvgIpc) is 3.14. The topological polar surface area (TPSA) is 57.4 Å². The van der Waals surface area contributed by atoms with Crippen molar-refractivity contribution in [2.24, 2.45) is 5.92 Å². The lowest BCUT2D eigenvalue weighted by Gasteiger charge is -2.49. The van der Waals surface area contributed by atoms with Crippen LogP contribution in [0.5, 0.6) is 11.6 Å². The largest absolute Gasteiger partial charge is 0.441 e. The standard InChI is InChI=1S/C20H22F3N3O2/c1-12-18(13-8-10-26(12)11-9-13)25-19(27)14-2-4-15(5-3-14)28-17-7-6-16(24-17)20(21,22)23/h2-7,12-13,18,24H,8-11H2,1H3,(H,25,27)/t12-,18-/m0/s1. The fraction of sp³-hybridized carbons (Fsp3) is 0.450. The molecule has 1 aromatic carbocycles. The molecule has 0 radical (unpaired) electrons. The summed E-state index contributed by atoms with van der Waals surface area (Å²) in [6.07, 6.45) is -2.23. The molecule has 150 valence electrons. The molecule has 1 amide bonds. The quantitative estimate of drug-likeness (QED) is 0.824. The highest BCUT2D eigenvalue weighted by molar-refractivity contribution is 5.94. The van der Waals surface area contributed by atoms with Gasteiger partial charge in [-0.15, -0.1) is 0 Å². The van der Waals surface area contributed by atoms with Gasteiger partial charge in [-0.3, -0.25) is 9.69 Å². The van der Waals surface area contributed by atoms with E-state index in [1.165, 1.54) is 6.07 Å². The molecule has 2 atom stereocenters. The average molecular weight is 393 g/mol. The molecule has 4 heterocycles. The van der Waals surface area contributed by atoms with Crippen LogP contribution in [0, 0.1) is 5.92 Å². The summed E-state index contributed by atoms with van der Waals surface area (Å²) in [6, 6.07) is 8.99. The van der Waals surface area contributed by atoms with E-state index in [9.17, 15) is 18.0 Å². The van der Waals surface area contributed by atoms with E-state index < -0.39 is 11.9 Å². The van der Waals surface area contributed by atoms with Gasteiger partial charge >= 0.3 is 6.18 Å². The van der Waals surface area contributed by atoms with Gasteiger partial charge in [0.25, 0.3) is 5.91 Å². The van der Waals surface area contributed by atoms with Gasteiger partial charge in [-0.2, -0.15) is 13.2 Å². The molecule has 2 bridgehead atoms. The van der Waals surface area contributed by atoms with E-state index in [0.29, 0.717) is 23.3 Å². The number of carbonyl (C=O) groups is 1. The minimum Gasteiger partial charge on any atom is -0.441 e. The zero-order valence-corrected chi connectivity index (χ0v) is 15.4. The summed E-state index contributed by atoms with van der Waals surface area (Å²) in [5.41, 5.74) is -0.372. The molecule has 0 spiro atoms. The van der Waals surface area contributed by atoms with Crippen LogP contribution in [0.4, 0.5) is 13.2 Å². The summed E-state index contributed by atoms with van der Waals surface area (Å²) in [7, 11) is 0. The number of benzene rings is 1. The van der Waals surface area contributed by atoms with Crippen molar-refractivity contribution in [2.75, 3.05) is 13.1 Å². The number of aromatic nitrogens is 1. The van der Waals surface area contributed by atoms with Crippen LogP contribution in [-0.2, 0) is 6.18 Å². The molecule has 5 rings (SSSR count). The second kappa shape index (κ2) is 7.16. The van der Waals surface area contributed by atoms with E-state index in [4.69, 9.17) is 4.74 Å². The van der Waals surface area contributed by atoms with Crippen molar-refractivity contribution < 1.29 is 22.7 Å². The van der Waals surface area contributed by atoms with Crippen LogP contribution in [0.1, 0.15) is 35.8 Å². The van der Waals surface area contributed by atoms with Gasteiger partial charge in [0, 0.05) is 23.7 Å². The summed E-state index contributed by atoms with van der Waals surface area (Å²) < 4.78 is 43.3. The first-order chi connectivity index (χ1) is 13.3. The molecule has 1 aromatic heterocycles. The number of nitrogens with zero attached hydrogens (tertiary/aromatic N) is 1. The molecule has 2 aromatic rings. The lowest BCUT2D eigenvalue weighted by Crippen LogP contribution is -2.62. The number of carbonyl (C=O) groups excluding carboxylic acids is 1. The third kappa shape index (κ3) is 3.73. The first-order valence-corrected chi connectivity index (χ1v) is 9.40. The molecule has 0 saturated carbocycles. The molecular weight excluding hydrogens is 371 g/mol. The number of amides is 1. The van der Waals surface area contributed by atoms with Gasteiger partial charge in [0.1, 0.15) is 11.4 Å². The van der Waals surface area contributed by atoms with Crippen LogP contribution in [0.15, 0.2) is 36.4 Å². The number of fused-ring (bicyclic) bond motifs is 3. The van der Waals surface area contributed by atoms with Crippen LogP contribution in [0.2, 0.25) is 0 Å². The van der Waals surface area contributed by atoms with E-state index in [1.807, 2.05) is 0 Å². The summed E-state index contributed by atoms with van der Waals surface area (Å²) in [5.74, 6) is 0.715. The number of halogens is 3. The number of ether oxygens (including phenoxy) is 1. The van der Waals surface area contributed by atoms with Crippen molar-refractivity contribution >= 4 is 5.91 Å². The molecule has 5 nitrogen and oxygen atoms in total. The van der Waals surface area contributed by atoms with Crippen molar-refractivity contribution in [2.45, 2.75) is 38.0 Å². The van der Waals surface area contributed by atoms with E-state index in [-0.39, 0.29) is 17.8 Å². The molecule has 0 unspecified atom stereocenters. The van der Waals surface area contributed by atoms with Crippen LogP contribution in [0.3, 0.4) is 0 Å². The van der Waals surface area contributed by atoms with Crippen LogP contribution in [-0.4, -0.2) is 41.0 Å². The van der Waals surface area contributed by atoms with Crippen LogP contribution >= 0.6 is 0 Å². The van der Waals surface area contributed by atoms with Gasteiger partial charge in [0.2, 0.25) is 0 Å². The SMILES string of the molecule is C[C@H]1[C@H](NC(=O)c2ccc(Oc3ccc(C(F)(F)F)[nH]3)cc2)C2CCN1CC2. The van der Waals surface area contributed by atoms with Crippen molar-refractivity contribution in [1.82, 2.24) is 15.2 Å². The third-order valence-corrected chi connectivity index (χ3v) is 5.78. The maximum Gasteiger partial charge on any atom is 0.431 e. The zero-order valence-electron chi connectivity index (χ0n) is 15.4. The Labute approximate surface area is 160 Å². The number of H-pyrrole nitrogens is 1. The number of rotatable bonds is 4. The predicted molar refractivity (Wildman–Crippen MR) is 97.3 cm³/mol. The molecule has 0 aliphatic carbocycles. The lowest BCUT2D eigenvalue weighted by molar-refractivity contribution is -0.140. The highest BCUT2D eigenvalue weighted by Gasteiger charge is 2.40. The number of hydrogen-bond acceptors (Lipinski definition) is 3. The van der Waals surface area contributed by atoms with Gasteiger partial charge in [0.15, 0.2) is 5.88 Å². The molecule has 3 aliphatic heterocycles. The Bertz CT molecular complexity index is 837. The second-order valence-electron chi connectivity index (χ2n) is 7.47. The summed E-state index contributed by atoms with van der Waals surface area (Å²) in [5, 5.41) is 3.15. The number of hydrogen-bond donors (Lipinski definition) is 2. The Morgan fingerprint density at radius 3 is 2.39 bits per heavy atom. The predicted octanol–water partition coefficient (Wildman–Crippen LogP) is 4.04. The molecule has 3 aliphatic rings. The Hall–Kier alpha value is -2.48. The van der Waals surface area contributed by atoms with Crippen molar-refractivity contribution in [3.8, 4) is 11.6 Å². The summed E-state index contributed by atoms with van der Waals surface area (Å²) in [4.78, 5) is 17.2. The van der Waals surface area contributed by atoms with Gasteiger partial charge in [-0.1, -0.05) is 0 Å². The Morgan fingerprint density at radius 2 is 1.82 bits per heavy atom. The van der Waals surface area contributed by atoms with E-state index in [0.717, 1.165) is 32.0 Å². The Kier molecular flexibility index (Phi) is 4.82. The minimum absolute atomic E-state index is 0.00867. The van der Waals surface area contributed by atoms with E-state index >= 15 is 0 Å². The van der Waals surface area contributed by atoms with Gasteiger partial charge in [0.05, 0.1) is 0 Å². The number of nitrogens with one attached hydrogen (secondary N) is 2. The Balaban J connectivity index is 1.39. The maximum atomic E-state index is 12.6. The second-order valence-corrected chi connectivity index (χ2v) is 7.47. The lowest BCUT2D eigenvalue weighted by atomic mass is 9.79. The molecule has 8 heteroatoms. The first kappa shape index (κ1) is 18.9. The van der Waals surface area contributed by atoms with Gasteiger partial charge in [-0.05, 0) is 69.1 Å². The van der Waals surface area contributed by atoms with Crippen molar-refractivity contribution in [1.29, 1.82) is 0 Å². The molecular formula is C20H22F3N3O2. The molecule has 2 N–H and O–H groups in total. The van der Waals surface area contributed by atoms with Gasteiger partial charge < -0.3 is 15.0 Å². The third-order valence-electron chi connectivity index (χ3n) is 5.78. The normalized spacial score (nSPS) is 26.9. The van der Waals surface area contributed by atoms with Crippen LogP contribution < -0.4 is 10.1 Å².